The number of ether oxygens (including phenoxy) is 1. The Morgan fingerprint density at radius 3 is 2.78 bits per heavy atom. The summed E-state index contributed by atoms with van der Waals surface area (Å²) in [4.78, 5) is 13.3. The minimum Gasteiger partial charge on any atom is -0.496 e. The van der Waals surface area contributed by atoms with Crippen molar-refractivity contribution in [2.24, 2.45) is 0 Å². The van der Waals surface area contributed by atoms with Crippen LogP contribution in [-0.2, 0) is 11.3 Å². The molecule has 23 heavy (non-hydrogen) atoms. The van der Waals surface area contributed by atoms with Crippen LogP contribution in [0.3, 0.4) is 0 Å². The number of nitriles is 1. The normalized spacial score (nSPS) is 17.3. The number of rotatable bonds is 6. The minimum atomic E-state index is -0.648. The predicted molar refractivity (Wildman–Crippen MR) is 91.1 cm³/mol. The van der Waals surface area contributed by atoms with Crippen molar-refractivity contribution in [2.45, 2.75) is 37.8 Å². The van der Waals surface area contributed by atoms with Gasteiger partial charge in [-0.05, 0) is 43.9 Å². The Kier molecular flexibility index (Phi) is 6.03. The lowest BCUT2D eigenvalue weighted by molar-refractivity contribution is -0.885. The molecule has 1 aliphatic carbocycles. The molecule has 2 N–H and O–H groups in total. The van der Waals surface area contributed by atoms with E-state index in [1.165, 1.54) is 0 Å². The van der Waals surface area contributed by atoms with Gasteiger partial charge in [-0.25, -0.2) is 0 Å². The maximum absolute atomic E-state index is 12.3. The number of carbonyl (C=O) groups excluding carboxylic acids is 1. The second kappa shape index (κ2) is 7.80. The van der Waals surface area contributed by atoms with E-state index >= 15 is 0 Å². The Hall–Kier alpha value is -1.58. The highest BCUT2D eigenvalue weighted by atomic mass is 79.9. The quantitative estimate of drug-likeness (QED) is 0.784. The third-order valence-corrected chi connectivity index (χ3v) is 4.74. The third-order valence-electron chi connectivity index (χ3n) is 4.25. The van der Waals surface area contributed by atoms with Crippen molar-refractivity contribution in [3.8, 4) is 11.8 Å². The molecule has 0 spiro atoms. The first-order valence-electron chi connectivity index (χ1n) is 7.84. The zero-order chi connectivity index (χ0) is 16.9. The van der Waals surface area contributed by atoms with Gasteiger partial charge in [-0.1, -0.05) is 15.9 Å². The zero-order valence-electron chi connectivity index (χ0n) is 13.6. The van der Waals surface area contributed by atoms with Gasteiger partial charge >= 0.3 is 0 Å². The van der Waals surface area contributed by atoms with Gasteiger partial charge in [0.25, 0.3) is 5.91 Å². The maximum atomic E-state index is 12.3. The Morgan fingerprint density at radius 1 is 1.48 bits per heavy atom. The monoisotopic (exact) mass is 380 g/mol. The number of halogens is 1. The number of nitrogens with one attached hydrogen (secondary N) is 2. The van der Waals surface area contributed by atoms with Crippen molar-refractivity contribution in [2.75, 3.05) is 20.7 Å². The molecule has 5 nitrogen and oxygen atoms in total. The summed E-state index contributed by atoms with van der Waals surface area (Å²) in [5, 5.41) is 12.3. The predicted octanol–water partition coefficient (Wildman–Crippen LogP) is 1.42. The average molecular weight is 381 g/mol. The molecule has 0 bridgehead atoms. The van der Waals surface area contributed by atoms with Crippen LogP contribution in [0.1, 0.15) is 31.2 Å². The summed E-state index contributed by atoms with van der Waals surface area (Å²) in [6.07, 6.45) is 3.53. The molecule has 1 unspecified atom stereocenters. The van der Waals surface area contributed by atoms with Gasteiger partial charge < -0.3 is 15.0 Å². The van der Waals surface area contributed by atoms with E-state index in [1.54, 1.807) is 7.11 Å². The van der Waals surface area contributed by atoms with Gasteiger partial charge in [0.1, 0.15) is 17.8 Å². The van der Waals surface area contributed by atoms with E-state index in [-0.39, 0.29) is 5.91 Å². The topological polar surface area (TPSA) is 66.6 Å². The number of methoxy groups -OCH3 is 1. The fraction of sp³-hybridized carbons (Fsp3) is 0.529. The van der Waals surface area contributed by atoms with E-state index in [2.05, 4.69) is 27.3 Å². The molecule has 1 aromatic rings. The van der Waals surface area contributed by atoms with Crippen LogP contribution in [0.2, 0.25) is 0 Å². The first-order chi connectivity index (χ1) is 11.0. The van der Waals surface area contributed by atoms with Gasteiger partial charge in [0.2, 0.25) is 0 Å². The van der Waals surface area contributed by atoms with Crippen LogP contribution >= 0.6 is 15.9 Å². The van der Waals surface area contributed by atoms with E-state index in [1.807, 2.05) is 25.2 Å². The van der Waals surface area contributed by atoms with Gasteiger partial charge in [0.05, 0.1) is 20.2 Å². The van der Waals surface area contributed by atoms with Crippen molar-refractivity contribution in [1.29, 1.82) is 5.26 Å². The van der Waals surface area contributed by atoms with Crippen molar-refractivity contribution in [3.05, 3.63) is 28.2 Å². The number of nitrogens with zero attached hydrogens (tertiary/aromatic N) is 1. The van der Waals surface area contributed by atoms with E-state index in [9.17, 15) is 10.1 Å². The van der Waals surface area contributed by atoms with Gasteiger partial charge in [-0.2, -0.15) is 5.26 Å². The molecule has 1 atom stereocenters. The molecule has 124 valence electrons. The molecule has 0 radical (unpaired) electrons. The van der Waals surface area contributed by atoms with E-state index < -0.39 is 5.54 Å². The van der Waals surface area contributed by atoms with Gasteiger partial charge in [-0.3, -0.25) is 4.79 Å². The number of quaternary nitrogens is 1. The van der Waals surface area contributed by atoms with Crippen LogP contribution in [0.5, 0.6) is 5.75 Å². The van der Waals surface area contributed by atoms with Crippen LogP contribution in [0, 0.1) is 11.3 Å². The Bertz CT molecular complexity index is 606. The standard InChI is InChI=1S/C17H22BrN3O2/c1-21(10-13-9-14(18)5-6-15(13)23-2)11-16(22)20-17(12-19)7-3-4-8-17/h5-6,9H,3-4,7-8,10-11H2,1-2H3,(H,20,22)/p+1. The molecular formula is C17H23BrN3O2+. The van der Waals surface area contributed by atoms with Crippen LogP contribution < -0.4 is 15.0 Å². The fourth-order valence-electron chi connectivity index (χ4n) is 3.10. The highest BCUT2D eigenvalue weighted by Crippen LogP contribution is 2.28. The van der Waals surface area contributed by atoms with Crippen molar-refractivity contribution in [3.63, 3.8) is 0 Å². The Morgan fingerprint density at radius 2 is 2.17 bits per heavy atom. The summed E-state index contributed by atoms with van der Waals surface area (Å²) in [5.41, 5.74) is 0.396. The lowest BCUT2D eigenvalue weighted by Crippen LogP contribution is -3.09. The number of benzene rings is 1. The number of amides is 1. The third kappa shape index (κ3) is 4.69. The summed E-state index contributed by atoms with van der Waals surface area (Å²) in [6.45, 7) is 1.01. The molecule has 1 amide bonds. The second-order valence-corrected chi connectivity index (χ2v) is 7.13. The summed E-state index contributed by atoms with van der Waals surface area (Å²) in [6, 6.07) is 8.14. The highest BCUT2D eigenvalue weighted by molar-refractivity contribution is 9.10. The van der Waals surface area contributed by atoms with Crippen molar-refractivity contribution >= 4 is 21.8 Å². The second-order valence-electron chi connectivity index (χ2n) is 6.22. The molecule has 0 saturated heterocycles. The lowest BCUT2D eigenvalue weighted by Gasteiger charge is -2.23. The van der Waals surface area contributed by atoms with Gasteiger partial charge in [0.15, 0.2) is 6.54 Å². The molecule has 1 saturated carbocycles. The van der Waals surface area contributed by atoms with Crippen molar-refractivity contribution in [1.82, 2.24) is 5.32 Å². The molecule has 1 aliphatic rings. The molecule has 2 rings (SSSR count). The largest absolute Gasteiger partial charge is 0.496 e. The van der Waals surface area contributed by atoms with E-state index in [0.29, 0.717) is 13.1 Å². The van der Waals surface area contributed by atoms with Crippen LogP contribution in [-0.4, -0.2) is 32.1 Å². The highest BCUT2D eigenvalue weighted by Gasteiger charge is 2.35. The zero-order valence-corrected chi connectivity index (χ0v) is 15.2. The Balaban J connectivity index is 1.94. The van der Waals surface area contributed by atoms with Crippen molar-refractivity contribution < 1.29 is 14.4 Å². The van der Waals surface area contributed by atoms with Crippen LogP contribution in [0.15, 0.2) is 22.7 Å². The maximum Gasteiger partial charge on any atom is 0.276 e. The number of hydrogen-bond acceptors (Lipinski definition) is 3. The summed E-state index contributed by atoms with van der Waals surface area (Å²) in [7, 11) is 3.61. The van der Waals surface area contributed by atoms with Crippen LogP contribution in [0.25, 0.3) is 0 Å². The smallest absolute Gasteiger partial charge is 0.276 e. The molecule has 1 aromatic carbocycles. The van der Waals surface area contributed by atoms with E-state index in [0.717, 1.165) is 46.4 Å². The van der Waals surface area contributed by atoms with Gasteiger partial charge in [-0.15, -0.1) is 0 Å². The summed E-state index contributed by atoms with van der Waals surface area (Å²) >= 11 is 3.46. The summed E-state index contributed by atoms with van der Waals surface area (Å²) in [5.74, 6) is 0.747. The fourth-order valence-corrected chi connectivity index (χ4v) is 3.51. The SMILES string of the molecule is COc1ccc(Br)cc1C[NH+](C)CC(=O)NC1(C#N)CCCC1. The number of hydrogen-bond donors (Lipinski definition) is 2. The molecule has 0 aliphatic heterocycles. The number of likely N-dealkylation sites (N-methyl/N-ethyl adjacent to an activating group) is 1. The average Bonchev–Trinajstić information content (AvgIpc) is 2.96. The molecule has 6 heteroatoms. The number of carbonyl (C=O) groups is 1. The Labute approximate surface area is 145 Å². The first kappa shape index (κ1) is 17.8. The summed E-state index contributed by atoms with van der Waals surface area (Å²) < 4.78 is 6.36. The minimum absolute atomic E-state index is 0.0695. The molecule has 0 heterocycles. The molecular weight excluding hydrogens is 358 g/mol. The van der Waals surface area contributed by atoms with E-state index in [4.69, 9.17) is 4.74 Å². The molecule has 0 aromatic heterocycles. The van der Waals surface area contributed by atoms with Crippen LogP contribution in [0.4, 0.5) is 0 Å². The molecule has 1 fully saturated rings. The lowest BCUT2D eigenvalue weighted by atomic mass is 10.00. The first-order valence-corrected chi connectivity index (χ1v) is 8.63. The van der Waals surface area contributed by atoms with Gasteiger partial charge in [0, 0.05) is 10.0 Å².